The van der Waals surface area contributed by atoms with Crippen LogP contribution in [0.25, 0.3) is 0 Å². The van der Waals surface area contributed by atoms with E-state index < -0.39 is 32.0 Å². The molecule has 0 spiro atoms. The molecule has 0 radical (unpaired) electrons. The molecule has 6 atom stereocenters. The lowest BCUT2D eigenvalue weighted by molar-refractivity contribution is -0.159. The summed E-state index contributed by atoms with van der Waals surface area (Å²) >= 11 is 0. The molecule has 0 amide bonds. The van der Waals surface area contributed by atoms with Crippen LogP contribution in [0.1, 0.15) is 72.9 Å². The standard InChI is InChI=1S/2C18H24N2O4S.C2H2O4/c2*1-25(21,22)20-5-2-3-13-10-19-6-4-12-7-17-18(24-11-23-17)8-14(12)16(19)9-15(13)20;3-1(4)2(5)6/h2*7-8,13,15-16H,2-6,9-11H2,1H3;(H,3,4)(H,5,6)/t2*13-,15+,16+;/m11./s1. The second-order valence-electron chi connectivity index (χ2n) is 16.1. The van der Waals surface area contributed by atoms with Gasteiger partial charge in [-0.1, -0.05) is 0 Å². The summed E-state index contributed by atoms with van der Waals surface area (Å²) in [5, 5.41) is 14.8. The SMILES string of the molecule is CS(=O)(=O)N1CCC[C@@H]2CN3CCc4cc5c(cc4[C@@H]3C[C@@H]21)OCO5.CS(=O)(=O)N1CCC[C@@H]2CN3CCc4cc5c(cc4[C@@H]3C[C@@H]21)OCO5.O=C(O)C(=O)O. The van der Waals surface area contributed by atoms with Crippen LogP contribution in [0.15, 0.2) is 24.3 Å². The summed E-state index contributed by atoms with van der Waals surface area (Å²) in [6.07, 6.45) is 10.7. The smallest absolute Gasteiger partial charge is 0.414 e. The Labute approximate surface area is 327 Å². The second-order valence-corrected chi connectivity index (χ2v) is 20.0. The largest absolute Gasteiger partial charge is 0.473 e. The van der Waals surface area contributed by atoms with Crippen LogP contribution < -0.4 is 18.9 Å². The van der Waals surface area contributed by atoms with Gasteiger partial charge in [0.2, 0.25) is 33.6 Å². The quantitative estimate of drug-likeness (QED) is 0.421. The number of sulfonamides is 2. The van der Waals surface area contributed by atoms with E-state index in [0.717, 1.165) is 101 Å². The van der Waals surface area contributed by atoms with E-state index in [9.17, 15) is 16.8 Å². The fourth-order valence-corrected chi connectivity index (χ4v) is 12.8. The number of piperidine rings is 4. The number of carbonyl (C=O) groups is 2. The average molecular weight is 819 g/mol. The Morgan fingerprint density at radius 3 is 1.34 bits per heavy atom. The summed E-state index contributed by atoms with van der Waals surface area (Å²) < 4.78 is 74.8. The number of rotatable bonds is 2. The Balaban J connectivity index is 0.000000138. The van der Waals surface area contributed by atoms with Crippen molar-refractivity contribution in [2.75, 3.05) is 65.4 Å². The minimum atomic E-state index is -3.15. The lowest BCUT2D eigenvalue weighted by Gasteiger charge is -2.51. The summed E-state index contributed by atoms with van der Waals surface area (Å²) in [5.74, 6) is 0.598. The molecule has 8 aliphatic heterocycles. The van der Waals surface area contributed by atoms with Gasteiger partial charge in [-0.25, -0.2) is 26.4 Å². The second kappa shape index (κ2) is 15.2. The van der Waals surface area contributed by atoms with Gasteiger partial charge < -0.3 is 29.2 Å². The number of fused-ring (bicyclic) bond motifs is 10. The average Bonchev–Trinajstić information content (AvgIpc) is 3.83. The number of ether oxygens (including phenoxy) is 4. The van der Waals surface area contributed by atoms with Crippen molar-refractivity contribution in [3.05, 3.63) is 46.5 Å². The van der Waals surface area contributed by atoms with Crippen molar-refractivity contribution in [1.29, 1.82) is 0 Å². The Morgan fingerprint density at radius 1 is 0.607 bits per heavy atom. The molecule has 10 rings (SSSR count). The minimum Gasteiger partial charge on any atom is -0.473 e. The van der Waals surface area contributed by atoms with Crippen LogP contribution in [0, 0.1) is 11.8 Å². The maximum absolute atomic E-state index is 12.3. The van der Waals surface area contributed by atoms with Gasteiger partial charge in [-0.15, -0.1) is 0 Å². The summed E-state index contributed by atoms with van der Waals surface area (Å²) in [4.78, 5) is 23.3. The Hall–Kier alpha value is -3.68. The molecule has 306 valence electrons. The fourth-order valence-electron chi connectivity index (χ4n) is 10.4. The zero-order chi connectivity index (χ0) is 39.5. The number of hydrogen-bond donors (Lipinski definition) is 2. The molecule has 0 unspecified atom stereocenters. The molecule has 0 aromatic heterocycles. The molecular weight excluding hydrogens is 769 g/mol. The first kappa shape index (κ1) is 39.2. The molecule has 4 fully saturated rings. The first-order valence-corrected chi connectivity index (χ1v) is 23.1. The lowest BCUT2D eigenvalue weighted by Crippen LogP contribution is -2.57. The van der Waals surface area contributed by atoms with Crippen LogP contribution in [0.3, 0.4) is 0 Å². The van der Waals surface area contributed by atoms with Gasteiger partial charge in [0, 0.05) is 63.4 Å². The highest BCUT2D eigenvalue weighted by Crippen LogP contribution is 2.48. The molecule has 2 aromatic carbocycles. The molecule has 2 aromatic rings. The molecule has 56 heavy (non-hydrogen) atoms. The summed E-state index contributed by atoms with van der Waals surface area (Å²) in [6.45, 7) is 5.99. The van der Waals surface area contributed by atoms with Crippen molar-refractivity contribution < 1.29 is 55.6 Å². The zero-order valence-electron chi connectivity index (χ0n) is 31.7. The highest BCUT2D eigenvalue weighted by molar-refractivity contribution is 7.88. The van der Waals surface area contributed by atoms with Gasteiger partial charge in [0.15, 0.2) is 23.0 Å². The highest BCUT2D eigenvalue weighted by Gasteiger charge is 2.47. The minimum absolute atomic E-state index is 0.126. The molecule has 18 heteroatoms. The number of nitrogens with zero attached hydrogens (tertiary/aromatic N) is 4. The van der Waals surface area contributed by atoms with Gasteiger partial charge in [-0.3, -0.25) is 9.80 Å². The van der Waals surface area contributed by atoms with E-state index in [1.54, 1.807) is 8.61 Å². The van der Waals surface area contributed by atoms with Crippen LogP contribution in [0.5, 0.6) is 23.0 Å². The van der Waals surface area contributed by atoms with Crippen molar-refractivity contribution in [2.24, 2.45) is 11.8 Å². The number of hydrogen-bond acceptors (Lipinski definition) is 12. The fraction of sp³-hybridized carbons (Fsp3) is 0.632. The van der Waals surface area contributed by atoms with Gasteiger partial charge in [0.25, 0.3) is 0 Å². The molecule has 0 bridgehead atoms. The zero-order valence-corrected chi connectivity index (χ0v) is 33.3. The molecule has 8 aliphatic rings. The van der Waals surface area contributed by atoms with Crippen molar-refractivity contribution in [3.8, 4) is 23.0 Å². The topological polar surface area (TPSA) is 193 Å². The number of carboxylic acids is 2. The lowest BCUT2D eigenvalue weighted by atomic mass is 9.77. The van der Waals surface area contributed by atoms with E-state index in [-0.39, 0.29) is 24.2 Å². The van der Waals surface area contributed by atoms with Crippen LogP contribution >= 0.6 is 0 Å². The predicted octanol–water partition coefficient (Wildman–Crippen LogP) is 2.67. The van der Waals surface area contributed by atoms with E-state index in [2.05, 4.69) is 34.1 Å². The first-order chi connectivity index (χ1) is 26.7. The predicted molar refractivity (Wildman–Crippen MR) is 202 cm³/mol. The number of aliphatic carboxylic acids is 2. The Bertz CT molecular complexity index is 1950. The third kappa shape index (κ3) is 7.67. The third-order valence-corrected chi connectivity index (χ3v) is 15.5. The molecule has 4 saturated heterocycles. The van der Waals surface area contributed by atoms with Gasteiger partial charge in [-0.05, 0) is 110 Å². The van der Waals surface area contributed by atoms with Crippen molar-refractivity contribution in [3.63, 3.8) is 0 Å². The highest BCUT2D eigenvalue weighted by atomic mass is 32.2. The van der Waals surface area contributed by atoms with Crippen LogP contribution in [-0.2, 0) is 42.5 Å². The van der Waals surface area contributed by atoms with Gasteiger partial charge in [0.05, 0.1) is 12.5 Å². The normalized spacial score (nSPS) is 29.3. The van der Waals surface area contributed by atoms with Crippen LogP contribution in [0.2, 0.25) is 0 Å². The molecule has 8 heterocycles. The van der Waals surface area contributed by atoms with E-state index in [4.69, 9.17) is 38.7 Å². The van der Waals surface area contributed by atoms with Crippen LogP contribution in [-0.4, -0.2) is 135 Å². The number of benzene rings is 2. The summed E-state index contributed by atoms with van der Waals surface area (Å²) in [6, 6.07) is 9.31. The van der Waals surface area contributed by atoms with Crippen molar-refractivity contribution in [1.82, 2.24) is 18.4 Å². The van der Waals surface area contributed by atoms with Crippen LogP contribution in [0.4, 0.5) is 0 Å². The Morgan fingerprint density at radius 2 is 0.982 bits per heavy atom. The van der Waals surface area contributed by atoms with E-state index >= 15 is 0 Å². The first-order valence-electron chi connectivity index (χ1n) is 19.4. The van der Waals surface area contributed by atoms with Gasteiger partial charge in [0.1, 0.15) is 0 Å². The van der Waals surface area contributed by atoms with Gasteiger partial charge in [-0.2, -0.15) is 8.61 Å². The summed E-state index contributed by atoms with van der Waals surface area (Å²) in [5.41, 5.74) is 5.25. The maximum Gasteiger partial charge on any atom is 0.414 e. The van der Waals surface area contributed by atoms with Gasteiger partial charge >= 0.3 is 11.9 Å². The Kier molecular flexibility index (Phi) is 10.7. The molecule has 2 N–H and O–H groups in total. The third-order valence-electron chi connectivity index (χ3n) is 12.8. The molecule has 16 nitrogen and oxygen atoms in total. The maximum atomic E-state index is 12.3. The molecule has 0 saturated carbocycles. The van der Waals surface area contributed by atoms with Crippen molar-refractivity contribution in [2.45, 2.75) is 75.5 Å². The molecular formula is C38H50N4O12S2. The van der Waals surface area contributed by atoms with E-state index in [1.165, 1.54) is 34.8 Å². The van der Waals surface area contributed by atoms with E-state index in [0.29, 0.717) is 38.5 Å². The number of carboxylic acid groups (broad SMARTS) is 2. The molecule has 0 aliphatic carbocycles. The van der Waals surface area contributed by atoms with Crippen molar-refractivity contribution >= 4 is 32.0 Å². The monoisotopic (exact) mass is 818 g/mol. The summed E-state index contributed by atoms with van der Waals surface area (Å²) in [7, 11) is -6.30. The van der Waals surface area contributed by atoms with E-state index in [1.807, 2.05) is 0 Å².